The van der Waals surface area contributed by atoms with Crippen LogP contribution in [0.2, 0.25) is 0 Å². The van der Waals surface area contributed by atoms with Crippen molar-refractivity contribution in [3.8, 4) is 40.3 Å². The number of fused-ring (bicyclic) bond motifs is 1. The van der Waals surface area contributed by atoms with Crippen LogP contribution in [-0.4, -0.2) is 36.3 Å². The second-order valence-electron chi connectivity index (χ2n) is 8.32. The zero-order valence-corrected chi connectivity index (χ0v) is 20.8. The highest BCUT2D eigenvalue weighted by Crippen LogP contribution is 2.46. The van der Waals surface area contributed by atoms with Crippen LogP contribution in [0.4, 0.5) is 0 Å². The Morgan fingerprint density at radius 3 is 2.42 bits per heavy atom. The monoisotopic (exact) mass is 513 g/mol. The van der Waals surface area contributed by atoms with Gasteiger partial charge in [0.05, 0.1) is 33.4 Å². The molecule has 1 atom stereocenters. The number of ether oxygens (including phenoxy) is 4. The first-order valence-electron chi connectivity index (χ1n) is 11.5. The molecule has 0 saturated heterocycles. The SMILES string of the molecule is COc1cc(C2C(C#N)=C(N)Oc3c2oc(Cn2cc(-c4ccccc4)nn2)cc3=O)cc(OC)c1OC. The highest BCUT2D eigenvalue weighted by molar-refractivity contribution is 5.60. The summed E-state index contributed by atoms with van der Waals surface area (Å²) in [5, 5.41) is 18.3. The number of methoxy groups -OCH3 is 3. The van der Waals surface area contributed by atoms with Crippen molar-refractivity contribution >= 4 is 0 Å². The van der Waals surface area contributed by atoms with E-state index < -0.39 is 11.3 Å². The molecule has 2 aromatic heterocycles. The highest BCUT2D eigenvalue weighted by atomic mass is 16.5. The van der Waals surface area contributed by atoms with Gasteiger partial charge >= 0.3 is 0 Å². The van der Waals surface area contributed by atoms with Gasteiger partial charge in [-0.05, 0) is 17.7 Å². The molecule has 2 aromatic carbocycles. The van der Waals surface area contributed by atoms with Gasteiger partial charge in [-0.2, -0.15) is 5.26 Å². The largest absolute Gasteiger partial charge is 0.493 e. The maximum Gasteiger partial charge on any atom is 0.228 e. The van der Waals surface area contributed by atoms with Crippen molar-refractivity contribution in [2.75, 3.05) is 21.3 Å². The van der Waals surface area contributed by atoms with Gasteiger partial charge < -0.3 is 29.1 Å². The molecule has 11 heteroatoms. The Balaban J connectivity index is 1.60. The number of hydrogen-bond donors (Lipinski definition) is 1. The predicted octanol–water partition coefficient (Wildman–Crippen LogP) is 3.19. The van der Waals surface area contributed by atoms with Gasteiger partial charge in [0, 0.05) is 11.6 Å². The number of nitrogens with zero attached hydrogens (tertiary/aromatic N) is 4. The Morgan fingerprint density at radius 2 is 1.79 bits per heavy atom. The molecule has 0 bridgehead atoms. The molecular formula is C27H23N5O6. The molecule has 11 nitrogen and oxygen atoms in total. The van der Waals surface area contributed by atoms with E-state index in [1.165, 1.54) is 27.4 Å². The third-order valence-electron chi connectivity index (χ3n) is 6.08. The molecular weight excluding hydrogens is 490 g/mol. The molecule has 3 heterocycles. The van der Waals surface area contributed by atoms with Crippen LogP contribution in [0.25, 0.3) is 11.3 Å². The van der Waals surface area contributed by atoms with E-state index in [4.69, 9.17) is 29.1 Å². The van der Waals surface area contributed by atoms with Gasteiger partial charge in [0.1, 0.15) is 29.6 Å². The second kappa shape index (κ2) is 10.0. The molecule has 2 N–H and O–H groups in total. The molecule has 0 amide bonds. The minimum absolute atomic E-state index is 0.0687. The lowest BCUT2D eigenvalue weighted by molar-refractivity contribution is 0.319. The molecule has 1 aliphatic heterocycles. The van der Waals surface area contributed by atoms with Crippen molar-refractivity contribution in [3.63, 3.8) is 0 Å². The number of aromatic nitrogens is 3. The minimum Gasteiger partial charge on any atom is -0.493 e. The van der Waals surface area contributed by atoms with E-state index in [0.29, 0.717) is 28.5 Å². The molecule has 1 aliphatic rings. The van der Waals surface area contributed by atoms with Crippen molar-refractivity contribution < 1.29 is 23.4 Å². The second-order valence-corrected chi connectivity index (χ2v) is 8.32. The van der Waals surface area contributed by atoms with Crippen molar-refractivity contribution in [3.05, 3.63) is 93.5 Å². The first kappa shape index (κ1) is 24.5. The van der Waals surface area contributed by atoms with Gasteiger partial charge in [-0.1, -0.05) is 35.5 Å². The number of rotatable bonds is 7. The summed E-state index contributed by atoms with van der Waals surface area (Å²) in [7, 11) is 4.45. The van der Waals surface area contributed by atoms with Crippen LogP contribution in [0.5, 0.6) is 23.0 Å². The highest BCUT2D eigenvalue weighted by Gasteiger charge is 2.36. The molecule has 4 aromatic rings. The van der Waals surface area contributed by atoms with Crippen LogP contribution in [0.1, 0.15) is 23.0 Å². The minimum atomic E-state index is -0.874. The zero-order valence-electron chi connectivity index (χ0n) is 20.8. The molecule has 5 rings (SSSR count). The number of nitriles is 1. The molecule has 0 saturated carbocycles. The van der Waals surface area contributed by atoms with Gasteiger partial charge in [0.2, 0.25) is 22.8 Å². The summed E-state index contributed by atoms with van der Waals surface area (Å²) in [6.45, 7) is 0.116. The van der Waals surface area contributed by atoms with Gasteiger partial charge in [-0.15, -0.1) is 5.10 Å². The summed E-state index contributed by atoms with van der Waals surface area (Å²) >= 11 is 0. The van der Waals surface area contributed by atoms with E-state index in [1.807, 2.05) is 30.3 Å². The lowest BCUT2D eigenvalue weighted by Crippen LogP contribution is -2.25. The van der Waals surface area contributed by atoms with E-state index >= 15 is 0 Å². The molecule has 1 unspecified atom stereocenters. The fourth-order valence-corrected chi connectivity index (χ4v) is 4.34. The first-order valence-corrected chi connectivity index (χ1v) is 11.5. The first-order chi connectivity index (χ1) is 18.5. The average Bonchev–Trinajstić information content (AvgIpc) is 3.41. The molecule has 0 spiro atoms. The van der Waals surface area contributed by atoms with Crippen LogP contribution in [-0.2, 0) is 6.54 Å². The summed E-state index contributed by atoms with van der Waals surface area (Å²) < 4.78 is 29.7. The topological polar surface area (TPSA) is 148 Å². The van der Waals surface area contributed by atoms with E-state index in [-0.39, 0.29) is 35.3 Å². The predicted molar refractivity (Wildman–Crippen MR) is 135 cm³/mol. The van der Waals surface area contributed by atoms with E-state index in [1.54, 1.807) is 23.0 Å². The fraction of sp³-hybridized carbons (Fsp3) is 0.185. The Bertz CT molecular complexity index is 1610. The average molecular weight is 514 g/mol. The maximum atomic E-state index is 13.1. The molecule has 0 radical (unpaired) electrons. The third kappa shape index (κ3) is 4.28. The Labute approximate surface area is 217 Å². The van der Waals surface area contributed by atoms with Gasteiger partial charge in [-0.25, -0.2) is 4.68 Å². The van der Waals surface area contributed by atoms with E-state index in [0.717, 1.165) is 5.56 Å². The summed E-state index contributed by atoms with van der Waals surface area (Å²) in [5.74, 6) is 0.335. The van der Waals surface area contributed by atoms with Gasteiger partial charge in [-0.3, -0.25) is 4.79 Å². The quantitative estimate of drug-likeness (QED) is 0.391. The number of hydrogen-bond acceptors (Lipinski definition) is 10. The lowest BCUT2D eigenvalue weighted by Gasteiger charge is -2.26. The number of allylic oxidation sites excluding steroid dienone is 1. The third-order valence-corrected chi connectivity index (χ3v) is 6.08. The molecule has 38 heavy (non-hydrogen) atoms. The van der Waals surface area contributed by atoms with Crippen molar-refractivity contribution in [2.24, 2.45) is 5.73 Å². The molecule has 192 valence electrons. The maximum absolute atomic E-state index is 13.1. The zero-order chi connectivity index (χ0) is 26.8. The molecule has 0 fully saturated rings. The van der Waals surface area contributed by atoms with Crippen molar-refractivity contribution in [2.45, 2.75) is 12.5 Å². The Morgan fingerprint density at radius 1 is 1.08 bits per heavy atom. The summed E-state index contributed by atoms with van der Waals surface area (Å²) in [6, 6.07) is 16.3. The normalized spacial score (nSPS) is 14.3. The van der Waals surface area contributed by atoms with Gasteiger partial charge in [0.25, 0.3) is 0 Å². The fourth-order valence-electron chi connectivity index (χ4n) is 4.34. The van der Waals surface area contributed by atoms with Crippen molar-refractivity contribution in [1.82, 2.24) is 15.0 Å². The molecule has 0 aliphatic carbocycles. The summed E-state index contributed by atoms with van der Waals surface area (Å²) in [4.78, 5) is 13.1. The number of benzene rings is 2. The summed E-state index contributed by atoms with van der Waals surface area (Å²) in [5.41, 5.74) is 7.78. The lowest BCUT2D eigenvalue weighted by atomic mass is 9.87. The van der Waals surface area contributed by atoms with Crippen molar-refractivity contribution in [1.29, 1.82) is 5.26 Å². The van der Waals surface area contributed by atoms with Gasteiger partial charge in [0.15, 0.2) is 17.3 Å². The van der Waals surface area contributed by atoms with Crippen LogP contribution in [0.3, 0.4) is 0 Å². The Hall–Kier alpha value is -5.24. The smallest absolute Gasteiger partial charge is 0.228 e. The Kier molecular flexibility index (Phi) is 6.45. The van der Waals surface area contributed by atoms with Crippen LogP contribution in [0, 0.1) is 11.3 Å². The van der Waals surface area contributed by atoms with Crippen LogP contribution < -0.4 is 30.1 Å². The van der Waals surface area contributed by atoms with E-state index in [2.05, 4.69) is 16.4 Å². The van der Waals surface area contributed by atoms with Crippen LogP contribution in [0.15, 0.2) is 75.4 Å². The van der Waals surface area contributed by atoms with Crippen LogP contribution >= 0.6 is 0 Å². The van der Waals surface area contributed by atoms with E-state index in [9.17, 15) is 10.1 Å². The standard InChI is InChI=1S/C27H23N5O6/c1-34-21-9-16(10-22(35-2)25(21)36-3)23-18(12-28)27(29)38-24-20(33)11-17(37-26(23)24)13-32-14-19(30-31-32)15-7-5-4-6-8-15/h4-11,14,23H,13,29H2,1-3H3. The summed E-state index contributed by atoms with van der Waals surface area (Å²) in [6.07, 6.45) is 1.75. The number of nitrogens with two attached hydrogens (primary N) is 1.